The summed E-state index contributed by atoms with van der Waals surface area (Å²) in [4.78, 5) is 14.0. The Bertz CT molecular complexity index is 1410. The third-order valence-electron chi connectivity index (χ3n) is 4.58. The van der Waals surface area contributed by atoms with Crippen molar-refractivity contribution in [2.24, 2.45) is 0 Å². The highest BCUT2D eigenvalue weighted by molar-refractivity contribution is 9.10. The molecular formula is C22H12BrF3N4O. The van der Waals surface area contributed by atoms with Crippen molar-refractivity contribution >= 4 is 38.3 Å². The van der Waals surface area contributed by atoms with Gasteiger partial charge in [-0.3, -0.25) is 4.57 Å². The predicted octanol–water partition coefficient (Wildman–Crippen LogP) is 6.30. The molecule has 5 aromatic rings. The summed E-state index contributed by atoms with van der Waals surface area (Å²) < 4.78 is 44.2. The molecule has 0 unspecified atom stereocenters. The van der Waals surface area contributed by atoms with Gasteiger partial charge in [-0.25, -0.2) is 15.0 Å². The van der Waals surface area contributed by atoms with Crippen LogP contribution in [-0.2, 0) is 0 Å². The van der Waals surface area contributed by atoms with Crippen LogP contribution in [0.1, 0.15) is 0 Å². The summed E-state index contributed by atoms with van der Waals surface area (Å²) in [5.74, 6) is 0.261. The lowest BCUT2D eigenvalue weighted by Gasteiger charge is -2.12. The summed E-state index contributed by atoms with van der Waals surface area (Å²) in [6.07, 6.45) is -4.75. The van der Waals surface area contributed by atoms with Crippen molar-refractivity contribution in [3.63, 3.8) is 0 Å². The molecule has 0 N–H and O–H groups in total. The first-order valence-electron chi connectivity index (χ1n) is 9.15. The van der Waals surface area contributed by atoms with Crippen LogP contribution in [0.5, 0.6) is 5.75 Å². The van der Waals surface area contributed by atoms with Crippen LogP contribution in [0.25, 0.3) is 39.4 Å². The van der Waals surface area contributed by atoms with E-state index >= 15 is 0 Å². The molecule has 0 fully saturated rings. The second kappa shape index (κ2) is 7.35. The zero-order chi connectivity index (χ0) is 21.6. The number of rotatable bonds is 3. The minimum Gasteiger partial charge on any atom is -0.406 e. The van der Waals surface area contributed by atoms with Gasteiger partial charge in [0.05, 0.1) is 11.0 Å². The van der Waals surface area contributed by atoms with Gasteiger partial charge in [-0.05, 0) is 48.5 Å². The fourth-order valence-corrected chi connectivity index (χ4v) is 3.72. The number of hydrogen-bond donors (Lipinski definition) is 0. The molecule has 0 radical (unpaired) electrons. The first-order chi connectivity index (χ1) is 14.9. The number of nitrogens with zero attached hydrogens (tertiary/aromatic N) is 4. The number of alkyl halides is 3. The van der Waals surface area contributed by atoms with E-state index in [1.54, 1.807) is 4.57 Å². The van der Waals surface area contributed by atoms with Crippen LogP contribution in [-0.4, -0.2) is 25.9 Å². The Kier molecular flexibility index (Phi) is 4.62. The van der Waals surface area contributed by atoms with Gasteiger partial charge in [0, 0.05) is 15.7 Å². The number of para-hydroxylation sites is 2. The molecule has 2 heterocycles. The Morgan fingerprint density at radius 3 is 2.19 bits per heavy atom. The summed E-state index contributed by atoms with van der Waals surface area (Å²) >= 11 is 3.47. The van der Waals surface area contributed by atoms with Gasteiger partial charge in [-0.1, -0.05) is 40.2 Å². The molecule has 0 aliphatic heterocycles. The number of hydrogen-bond acceptors (Lipinski definition) is 4. The Morgan fingerprint density at radius 2 is 1.52 bits per heavy atom. The lowest BCUT2D eigenvalue weighted by molar-refractivity contribution is -0.274. The van der Waals surface area contributed by atoms with Crippen molar-refractivity contribution in [1.29, 1.82) is 0 Å². The van der Waals surface area contributed by atoms with Crippen LogP contribution in [0.4, 0.5) is 13.2 Å². The van der Waals surface area contributed by atoms with Crippen LogP contribution >= 0.6 is 15.9 Å². The first kappa shape index (κ1) is 19.5. The van der Waals surface area contributed by atoms with Gasteiger partial charge in [0.15, 0.2) is 11.3 Å². The van der Waals surface area contributed by atoms with Gasteiger partial charge in [-0.15, -0.1) is 13.2 Å². The molecule has 154 valence electrons. The standard InChI is InChI=1S/C22H12BrF3N4O/c23-14-5-3-4-13(12-14)20-29-19-21(28-18-7-2-1-6-17(18)27-19)30(20)15-8-10-16(11-9-15)31-22(24,25)26/h1-12H. The summed E-state index contributed by atoms with van der Waals surface area (Å²) in [7, 11) is 0. The number of ether oxygens (including phenoxy) is 1. The van der Waals surface area contributed by atoms with Gasteiger partial charge < -0.3 is 4.74 Å². The third-order valence-corrected chi connectivity index (χ3v) is 5.07. The lowest BCUT2D eigenvalue weighted by atomic mass is 10.2. The third kappa shape index (κ3) is 3.84. The molecule has 0 aliphatic carbocycles. The predicted molar refractivity (Wildman–Crippen MR) is 114 cm³/mol. The van der Waals surface area contributed by atoms with Crippen molar-refractivity contribution in [2.75, 3.05) is 0 Å². The number of halogens is 4. The van der Waals surface area contributed by atoms with Crippen molar-refractivity contribution in [1.82, 2.24) is 19.5 Å². The fraction of sp³-hybridized carbons (Fsp3) is 0.0455. The van der Waals surface area contributed by atoms with Gasteiger partial charge in [0.25, 0.3) is 0 Å². The number of aromatic nitrogens is 4. The van der Waals surface area contributed by atoms with Crippen LogP contribution in [0.2, 0.25) is 0 Å². The monoisotopic (exact) mass is 484 g/mol. The van der Waals surface area contributed by atoms with Crippen molar-refractivity contribution in [2.45, 2.75) is 6.36 Å². The van der Waals surface area contributed by atoms with Gasteiger partial charge in [0.2, 0.25) is 0 Å². The second-order valence-electron chi connectivity index (χ2n) is 6.68. The molecule has 0 saturated heterocycles. The molecule has 31 heavy (non-hydrogen) atoms. The van der Waals surface area contributed by atoms with Crippen LogP contribution in [0, 0.1) is 0 Å². The topological polar surface area (TPSA) is 52.8 Å². The fourth-order valence-electron chi connectivity index (χ4n) is 3.32. The normalized spacial score (nSPS) is 11.9. The van der Waals surface area contributed by atoms with Crippen LogP contribution < -0.4 is 4.74 Å². The molecule has 0 atom stereocenters. The first-order valence-corrected chi connectivity index (χ1v) is 9.94. The minimum absolute atomic E-state index is 0.304. The van der Waals surface area contributed by atoms with E-state index in [2.05, 4.69) is 30.6 Å². The zero-order valence-electron chi connectivity index (χ0n) is 15.6. The summed E-state index contributed by atoms with van der Waals surface area (Å²) in [5, 5.41) is 0. The molecule has 3 aromatic carbocycles. The maximum atomic E-state index is 12.5. The lowest BCUT2D eigenvalue weighted by Crippen LogP contribution is -2.17. The van der Waals surface area contributed by atoms with Crippen LogP contribution in [0.3, 0.4) is 0 Å². The second-order valence-corrected chi connectivity index (χ2v) is 7.60. The van der Waals surface area contributed by atoms with E-state index in [0.29, 0.717) is 33.8 Å². The highest BCUT2D eigenvalue weighted by Gasteiger charge is 2.31. The Balaban J connectivity index is 1.74. The van der Waals surface area contributed by atoms with Gasteiger partial charge >= 0.3 is 6.36 Å². The molecule has 0 amide bonds. The molecule has 0 aliphatic rings. The largest absolute Gasteiger partial charge is 0.573 e. The quantitative estimate of drug-likeness (QED) is 0.301. The average molecular weight is 485 g/mol. The molecule has 0 spiro atoms. The maximum absolute atomic E-state index is 12.5. The number of benzene rings is 3. The van der Waals surface area contributed by atoms with Crippen molar-refractivity contribution in [3.8, 4) is 22.8 Å². The summed E-state index contributed by atoms with van der Waals surface area (Å²) in [6.45, 7) is 0. The molecule has 5 nitrogen and oxygen atoms in total. The number of fused-ring (bicyclic) bond motifs is 2. The average Bonchev–Trinajstić information content (AvgIpc) is 3.10. The minimum atomic E-state index is -4.75. The summed E-state index contributed by atoms with van der Waals surface area (Å²) in [5.41, 5.74) is 3.70. The zero-order valence-corrected chi connectivity index (χ0v) is 17.2. The van der Waals surface area contributed by atoms with E-state index < -0.39 is 6.36 Å². The van der Waals surface area contributed by atoms with E-state index in [9.17, 15) is 13.2 Å². The van der Waals surface area contributed by atoms with E-state index in [1.807, 2.05) is 48.5 Å². The highest BCUT2D eigenvalue weighted by Crippen LogP contribution is 2.31. The molecular weight excluding hydrogens is 473 g/mol. The van der Waals surface area contributed by atoms with Gasteiger partial charge in [0.1, 0.15) is 11.6 Å². The van der Waals surface area contributed by atoms with E-state index in [0.717, 1.165) is 10.0 Å². The highest BCUT2D eigenvalue weighted by atomic mass is 79.9. The Labute approximate surface area is 182 Å². The molecule has 5 rings (SSSR count). The molecule has 0 bridgehead atoms. The van der Waals surface area contributed by atoms with Crippen LogP contribution in [0.15, 0.2) is 77.3 Å². The summed E-state index contributed by atoms with van der Waals surface area (Å²) in [6, 6.07) is 20.6. The van der Waals surface area contributed by atoms with Gasteiger partial charge in [-0.2, -0.15) is 0 Å². The van der Waals surface area contributed by atoms with E-state index in [-0.39, 0.29) is 5.75 Å². The van der Waals surface area contributed by atoms with E-state index in [1.165, 1.54) is 24.3 Å². The number of imidazole rings is 1. The van der Waals surface area contributed by atoms with Crippen molar-refractivity contribution in [3.05, 3.63) is 77.3 Å². The molecule has 2 aromatic heterocycles. The van der Waals surface area contributed by atoms with E-state index in [4.69, 9.17) is 4.98 Å². The Hall–Kier alpha value is -3.46. The Morgan fingerprint density at radius 1 is 0.806 bits per heavy atom. The molecule has 0 saturated carbocycles. The SMILES string of the molecule is FC(F)(F)Oc1ccc(-n2c(-c3cccc(Br)c3)nc3nc4ccccc4nc32)cc1. The smallest absolute Gasteiger partial charge is 0.406 e. The molecule has 9 heteroatoms. The maximum Gasteiger partial charge on any atom is 0.573 e. The van der Waals surface area contributed by atoms with Crippen molar-refractivity contribution < 1.29 is 17.9 Å².